The highest BCUT2D eigenvalue weighted by Gasteiger charge is 2.12. The number of hydrogen-bond donors (Lipinski definition) is 1. The van der Waals surface area contributed by atoms with Crippen LogP contribution in [0.5, 0.6) is 0 Å². The SMILES string of the molecule is CCCCCC(=O)/C=C/C=C\CCCCCCCC(=O)OC[C@H](O)COC(=O)CCCCCCCCCCCCCCCCCCC(C)C. The lowest BCUT2D eigenvalue weighted by molar-refractivity contribution is -0.152. The summed E-state index contributed by atoms with van der Waals surface area (Å²) in [6, 6.07) is 0. The zero-order valence-corrected chi connectivity index (χ0v) is 32.4. The van der Waals surface area contributed by atoms with E-state index in [1.807, 2.05) is 12.2 Å². The van der Waals surface area contributed by atoms with E-state index in [4.69, 9.17) is 9.47 Å². The molecule has 49 heavy (non-hydrogen) atoms. The van der Waals surface area contributed by atoms with Crippen molar-refractivity contribution < 1.29 is 29.0 Å². The average Bonchev–Trinajstić information content (AvgIpc) is 3.08. The fourth-order valence-corrected chi connectivity index (χ4v) is 5.90. The monoisotopic (exact) mass is 691 g/mol. The molecule has 1 N–H and O–H groups in total. The smallest absolute Gasteiger partial charge is 0.305 e. The second-order valence-corrected chi connectivity index (χ2v) is 14.6. The van der Waals surface area contributed by atoms with E-state index in [0.717, 1.165) is 83.0 Å². The molecular weight excluding hydrogens is 612 g/mol. The summed E-state index contributed by atoms with van der Waals surface area (Å²) >= 11 is 0. The number of rotatable bonds is 37. The molecule has 0 aromatic rings. The first-order valence-electron chi connectivity index (χ1n) is 20.7. The summed E-state index contributed by atoms with van der Waals surface area (Å²) in [7, 11) is 0. The predicted octanol–water partition coefficient (Wildman–Crippen LogP) is 12.1. The van der Waals surface area contributed by atoms with Gasteiger partial charge in [-0.15, -0.1) is 0 Å². The van der Waals surface area contributed by atoms with E-state index in [1.165, 1.54) is 89.9 Å². The number of ether oxygens (including phenoxy) is 2. The quantitative estimate of drug-likeness (QED) is 0.0302. The Morgan fingerprint density at radius 3 is 1.39 bits per heavy atom. The third-order valence-electron chi connectivity index (χ3n) is 9.09. The van der Waals surface area contributed by atoms with Gasteiger partial charge in [-0.05, 0) is 44.1 Å². The van der Waals surface area contributed by atoms with Crippen LogP contribution in [0.4, 0.5) is 0 Å². The second-order valence-electron chi connectivity index (χ2n) is 14.6. The summed E-state index contributed by atoms with van der Waals surface area (Å²) in [5, 5.41) is 10.0. The van der Waals surface area contributed by atoms with Crippen LogP contribution in [-0.4, -0.2) is 42.1 Å². The fraction of sp³-hybridized carbons (Fsp3) is 0.837. The molecule has 0 aliphatic heterocycles. The number of unbranched alkanes of at least 4 members (excludes halogenated alkanes) is 22. The highest BCUT2D eigenvalue weighted by Crippen LogP contribution is 2.15. The van der Waals surface area contributed by atoms with Gasteiger partial charge in [-0.1, -0.05) is 174 Å². The van der Waals surface area contributed by atoms with Crippen LogP contribution in [0.25, 0.3) is 0 Å². The van der Waals surface area contributed by atoms with Crippen molar-refractivity contribution in [3.05, 3.63) is 24.3 Å². The van der Waals surface area contributed by atoms with Crippen LogP contribution in [0, 0.1) is 5.92 Å². The molecule has 0 aliphatic carbocycles. The number of aliphatic hydroxyl groups excluding tert-OH is 1. The van der Waals surface area contributed by atoms with Crippen LogP contribution in [-0.2, 0) is 23.9 Å². The molecule has 0 amide bonds. The lowest BCUT2D eigenvalue weighted by atomic mass is 10.0. The van der Waals surface area contributed by atoms with E-state index in [1.54, 1.807) is 6.08 Å². The Hall–Kier alpha value is -1.95. The largest absolute Gasteiger partial charge is 0.463 e. The molecule has 0 saturated heterocycles. The summed E-state index contributed by atoms with van der Waals surface area (Å²) < 4.78 is 10.3. The summed E-state index contributed by atoms with van der Waals surface area (Å²) in [6.07, 6.45) is 39.3. The van der Waals surface area contributed by atoms with E-state index in [2.05, 4.69) is 26.8 Å². The minimum atomic E-state index is -0.987. The van der Waals surface area contributed by atoms with Gasteiger partial charge in [0.25, 0.3) is 0 Å². The van der Waals surface area contributed by atoms with Crippen LogP contribution in [0.1, 0.15) is 207 Å². The number of hydrogen-bond acceptors (Lipinski definition) is 6. The Morgan fingerprint density at radius 1 is 0.531 bits per heavy atom. The van der Waals surface area contributed by atoms with Crippen LogP contribution < -0.4 is 0 Å². The minimum absolute atomic E-state index is 0.135. The Morgan fingerprint density at radius 2 is 0.939 bits per heavy atom. The summed E-state index contributed by atoms with van der Waals surface area (Å²) in [5.74, 6) is 0.437. The Kier molecular flexibility index (Phi) is 35.8. The summed E-state index contributed by atoms with van der Waals surface area (Å²) in [6.45, 7) is 6.49. The van der Waals surface area contributed by atoms with Crippen molar-refractivity contribution in [1.29, 1.82) is 0 Å². The van der Waals surface area contributed by atoms with Gasteiger partial charge in [0.2, 0.25) is 0 Å². The molecule has 0 radical (unpaired) electrons. The molecule has 0 unspecified atom stereocenters. The molecule has 1 atom stereocenters. The first kappa shape index (κ1) is 47.0. The first-order valence-corrected chi connectivity index (χ1v) is 20.7. The number of allylic oxidation sites excluding steroid dienone is 4. The molecule has 286 valence electrons. The maximum Gasteiger partial charge on any atom is 0.305 e. The van der Waals surface area contributed by atoms with Crippen molar-refractivity contribution in [1.82, 2.24) is 0 Å². The number of esters is 2. The average molecular weight is 691 g/mol. The number of carbonyl (C=O) groups excluding carboxylic acids is 3. The highest BCUT2D eigenvalue weighted by molar-refractivity contribution is 5.89. The Bertz CT molecular complexity index is 817. The van der Waals surface area contributed by atoms with Gasteiger partial charge in [-0.25, -0.2) is 0 Å². The molecule has 0 heterocycles. The first-order chi connectivity index (χ1) is 23.8. The molecule has 0 aliphatic rings. The van der Waals surface area contributed by atoms with Crippen molar-refractivity contribution in [3.63, 3.8) is 0 Å². The zero-order valence-electron chi connectivity index (χ0n) is 32.4. The zero-order chi connectivity index (χ0) is 36.0. The molecule has 0 fully saturated rings. The lowest BCUT2D eigenvalue weighted by Gasteiger charge is -2.12. The van der Waals surface area contributed by atoms with Crippen molar-refractivity contribution in [2.24, 2.45) is 5.92 Å². The number of ketones is 1. The van der Waals surface area contributed by atoms with Crippen molar-refractivity contribution in [3.8, 4) is 0 Å². The van der Waals surface area contributed by atoms with E-state index in [9.17, 15) is 19.5 Å². The summed E-state index contributed by atoms with van der Waals surface area (Å²) in [4.78, 5) is 35.6. The van der Waals surface area contributed by atoms with Gasteiger partial charge in [0, 0.05) is 19.3 Å². The lowest BCUT2D eigenvalue weighted by Crippen LogP contribution is -2.25. The van der Waals surface area contributed by atoms with Gasteiger partial charge in [0.05, 0.1) is 0 Å². The molecular formula is C43H78O6. The fourth-order valence-electron chi connectivity index (χ4n) is 5.90. The predicted molar refractivity (Wildman–Crippen MR) is 206 cm³/mol. The van der Waals surface area contributed by atoms with Crippen LogP contribution in [0.15, 0.2) is 24.3 Å². The van der Waals surface area contributed by atoms with E-state index in [0.29, 0.717) is 19.3 Å². The van der Waals surface area contributed by atoms with E-state index in [-0.39, 0.29) is 30.9 Å². The number of carbonyl (C=O) groups is 3. The van der Waals surface area contributed by atoms with Crippen molar-refractivity contribution >= 4 is 17.7 Å². The van der Waals surface area contributed by atoms with Gasteiger partial charge in [0.15, 0.2) is 5.78 Å². The van der Waals surface area contributed by atoms with Gasteiger partial charge in [0.1, 0.15) is 19.3 Å². The normalized spacial score (nSPS) is 12.3. The van der Waals surface area contributed by atoms with Crippen LogP contribution in [0.2, 0.25) is 0 Å². The topological polar surface area (TPSA) is 89.9 Å². The standard InChI is InChI=1S/C43H78O6/c1-4-5-27-33-40(44)34-29-24-20-16-14-18-22-26-31-36-43(47)49-38-41(45)37-48-42(46)35-30-25-21-17-13-11-9-7-6-8-10-12-15-19-23-28-32-39(2)3/h20,24,29,34,39,41,45H,4-19,21-23,25-28,30-33,35-38H2,1-3H3/b24-20-,34-29+/t41-/m1/s1. The molecule has 0 saturated carbocycles. The molecule has 0 aromatic heterocycles. The van der Waals surface area contributed by atoms with E-state index >= 15 is 0 Å². The highest BCUT2D eigenvalue weighted by atomic mass is 16.6. The van der Waals surface area contributed by atoms with Crippen LogP contribution >= 0.6 is 0 Å². The molecule has 0 rings (SSSR count). The van der Waals surface area contributed by atoms with Gasteiger partial charge >= 0.3 is 11.9 Å². The van der Waals surface area contributed by atoms with Crippen LogP contribution in [0.3, 0.4) is 0 Å². The molecule has 0 bridgehead atoms. The third-order valence-corrected chi connectivity index (χ3v) is 9.09. The maximum atomic E-state index is 12.0. The summed E-state index contributed by atoms with van der Waals surface area (Å²) in [5.41, 5.74) is 0. The third kappa shape index (κ3) is 38.7. The molecule has 0 spiro atoms. The van der Waals surface area contributed by atoms with Gasteiger partial charge in [-0.2, -0.15) is 0 Å². The Labute approximate surface area is 302 Å². The van der Waals surface area contributed by atoms with Crippen molar-refractivity contribution in [2.75, 3.05) is 13.2 Å². The van der Waals surface area contributed by atoms with Crippen molar-refractivity contribution in [2.45, 2.75) is 213 Å². The number of aliphatic hydroxyl groups is 1. The molecule has 6 nitrogen and oxygen atoms in total. The second kappa shape index (κ2) is 37.3. The minimum Gasteiger partial charge on any atom is -0.463 e. The van der Waals surface area contributed by atoms with Gasteiger partial charge in [-0.3, -0.25) is 14.4 Å². The Balaban J connectivity index is 3.46. The maximum absolute atomic E-state index is 12.0. The van der Waals surface area contributed by atoms with Gasteiger partial charge < -0.3 is 14.6 Å². The van der Waals surface area contributed by atoms with E-state index < -0.39 is 6.10 Å². The molecule has 0 aromatic carbocycles. The molecule has 6 heteroatoms.